The molecule has 1 fully saturated rings. The van der Waals surface area contributed by atoms with Crippen LogP contribution in [0, 0.1) is 11.3 Å². The van der Waals surface area contributed by atoms with Gasteiger partial charge < -0.3 is 20.1 Å². The van der Waals surface area contributed by atoms with Crippen LogP contribution in [0.1, 0.15) is 35.7 Å². The summed E-state index contributed by atoms with van der Waals surface area (Å²) >= 11 is 0. The zero-order valence-electron chi connectivity index (χ0n) is 25.2. The lowest BCUT2D eigenvalue weighted by atomic mass is 10.0. The number of nitrogens with one attached hydrogen (secondary N) is 2. The Bertz CT molecular complexity index is 1670. The molecule has 2 N–H and O–H groups in total. The van der Waals surface area contributed by atoms with Gasteiger partial charge in [0, 0.05) is 42.7 Å². The highest BCUT2D eigenvalue weighted by molar-refractivity contribution is 5.95. The summed E-state index contributed by atoms with van der Waals surface area (Å²) in [5, 5.41) is 19.7. The Morgan fingerprint density at radius 2 is 1.87 bits per heavy atom. The van der Waals surface area contributed by atoms with Crippen LogP contribution in [0.2, 0.25) is 0 Å². The Labute approximate surface area is 263 Å². The fourth-order valence-electron chi connectivity index (χ4n) is 5.09. The van der Waals surface area contributed by atoms with Crippen LogP contribution in [-0.2, 0) is 6.54 Å². The van der Waals surface area contributed by atoms with Crippen LogP contribution in [-0.4, -0.2) is 80.6 Å². The number of anilines is 2. The lowest BCUT2D eigenvalue weighted by molar-refractivity contribution is -0.148. The minimum atomic E-state index is -4.24. The molecular weight excluding hydrogens is 603 g/mol. The number of methoxy groups -OCH3 is 1. The van der Waals surface area contributed by atoms with E-state index in [2.05, 4.69) is 36.8 Å². The van der Waals surface area contributed by atoms with Gasteiger partial charge in [-0.3, -0.25) is 9.69 Å². The van der Waals surface area contributed by atoms with Gasteiger partial charge in [0.2, 0.25) is 5.95 Å². The molecule has 4 aromatic rings. The van der Waals surface area contributed by atoms with Crippen LogP contribution >= 0.6 is 0 Å². The fourth-order valence-corrected chi connectivity index (χ4v) is 5.09. The molecule has 15 heteroatoms. The van der Waals surface area contributed by atoms with E-state index in [1.807, 2.05) is 6.92 Å². The summed E-state index contributed by atoms with van der Waals surface area (Å²) in [6.07, 6.45) is 2.66. The molecule has 3 heterocycles. The molecule has 1 aliphatic rings. The van der Waals surface area contributed by atoms with Crippen LogP contribution in [0.4, 0.5) is 24.8 Å². The van der Waals surface area contributed by atoms with Gasteiger partial charge in [-0.15, -0.1) is 0 Å². The lowest BCUT2D eigenvalue weighted by Gasteiger charge is -2.32. The summed E-state index contributed by atoms with van der Waals surface area (Å²) in [6.45, 7) is 1.92. The van der Waals surface area contributed by atoms with Crippen LogP contribution in [0.5, 0.6) is 11.5 Å². The number of amides is 1. The molecule has 0 radical (unpaired) electrons. The highest BCUT2D eigenvalue weighted by atomic mass is 19.4. The van der Waals surface area contributed by atoms with Crippen LogP contribution < -0.4 is 20.1 Å². The Morgan fingerprint density at radius 3 is 2.52 bits per heavy atom. The number of nitriles is 1. The fraction of sp³-hybridized carbons (Fsp3) is 0.355. The van der Waals surface area contributed by atoms with Crippen molar-refractivity contribution in [2.45, 2.75) is 44.6 Å². The quantitative estimate of drug-likeness (QED) is 0.240. The minimum Gasteiger partial charge on any atom is -0.495 e. The van der Waals surface area contributed by atoms with Crippen LogP contribution in [0.3, 0.4) is 0 Å². The number of benzene rings is 2. The van der Waals surface area contributed by atoms with Crippen molar-refractivity contribution >= 4 is 17.5 Å². The van der Waals surface area contributed by atoms with Crippen molar-refractivity contribution in [3.8, 4) is 28.7 Å². The number of piperidine rings is 1. The first-order chi connectivity index (χ1) is 22.1. The number of carbonyl (C=O) groups is 1. The van der Waals surface area contributed by atoms with Gasteiger partial charge in [0.05, 0.1) is 31.5 Å². The maximum Gasteiger partial charge on any atom is 0.401 e. The molecule has 0 saturated carbocycles. The van der Waals surface area contributed by atoms with Crippen molar-refractivity contribution in [2.75, 3.05) is 32.1 Å². The zero-order valence-corrected chi connectivity index (χ0v) is 25.2. The molecule has 12 nitrogen and oxygen atoms in total. The summed E-state index contributed by atoms with van der Waals surface area (Å²) < 4.78 is 51.2. The Morgan fingerprint density at radius 1 is 1.11 bits per heavy atom. The van der Waals surface area contributed by atoms with Crippen molar-refractivity contribution in [3.63, 3.8) is 0 Å². The van der Waals surface area contributed by atoms with Gasteiger partial charge in [0.1, 0.15) is 36.3 Å². The third kappa shape index (κ3) is 8.48. The van der Waals surface area contributed by atoms with Crippen LogP contribution in [0.25, 0.3) is 11.1 Å². The Balaban J connectivity index is 1.20. The molecule has 2 aromatic carbocycles. The largest absolute Gasteiger partial charge is 0.495 e. The molecule has 0 aliphatic carbocycles. The maximum absolute atomic E-state index is 12.9. The van der Waals surface area contributed by atoms with Gasteiger partial charge in [0.15, 0.2) is 0 Å². The lowest BCUT2D eigenvalue weighted by Crippen LogP contribution is -2.47. The average Bonchev–Trinajstić information content (AvgIpc) is 3.54. The van der Waals surface area contributed by atoms with Crippen molar-refractivity contribution in [1.29, 1.82) is 5.26 Å². The van der Waals surface area contributed by atoms with Crippen LogP contribution in [0.15, 0.2) is 61.4 Å². The predicted octanol–water partition coefficient (Wildman–Crippen LogP) is 4.58. The second kappa shape index (κ2) is 14.2. The van der Waals surface area contributed by atoms with E-state index in [-0.39, 0.29) is 37.1 Å². The molecule has 1 aliphatic heterocycles. The van der Waals surface area contributed by atoms with Gasteiger partial charge in [-0.05, 0) is 55.7 Å². The number of likely N-dealkylation sites (tertiary alicyclic amines) is 1. The summed E-state index contributed by atoms with van der Waals surface area (Å²) in [6, 6.07) is 12.0. The molecule has 0 bridgehead atoms. The van der Waals surface area contributed by atoms with Crippen molar-refractivity contribution in [1.82, 2.24) is 34.9 Å². The Kier molecular flexibility index (Phi) is 9.97. The molecule has 1 atom stereocenters. The molecule has 240 valence electrons. The van der Waals surface area contributed by atoms with E-state index in [1.54, 1.807) is 59.8 Å². The van der Waals surface area contributed by atoms with E-state index in [9.17, 15) is 23.2 Å². The first-order valence-electron chi connectivity index (χ1n) is 14.5. The second-order valence-corrected chi connectivity index (χ2v) is 10.8. The second-order valence-electron chi connectivity index (χ2n) is 10.8. The van der Waals surface area contributed by atoms with E-state index in [4.69, 9.17) is 9.47 Å². The van der Waals surface area contributed by atoms with Gasteiger partial charge in [-0.25, -0.2) is 19.6 Å². The van der Waals surface area contributed by atoms with Gasteiger partial charge in [-0.1, -0.05) is 6.07 Å². The molecule has 2 aromatic heterocycles. The number of aromatic nitrogens is 5. The number of ether oxygens (including phenoxy) is 2. The third-order valence-corrected chi connectivity index (χ3v) is 7.36. The van der Waals surface area contributed by atoms with Gasteiger partial charge in [0.25, 0.3) is 5.91 Å². The summed E-state index contributed by atoms with van der Waals surface area (Å²) in [4.78, 5) is 27.0. The van der Waals surface area contributed by atoms with E-state index >= 15 is 0 Å². The normalized spacial score (nSPS) is 14.7. The van der Waals surface area contributed by atoms with Gasteiger partial charge in [-0.2, -0.15) is 23.5 Å². The number of alkyl halides is 3. The summed E-state index contributed by atoms with van der Waals surface area (Å²) in [5.41, 5.74) is 2.73. The summed E-state index contributed by atoms with van der Waals surface area (Å²) in [5.74, 6) is 0.763. The number of hydrogen-bond donors (Lipinski definition) is 2. The van der Waals surface area contributed by atoms with Crippen molar-refractivity contribution in [3.05, 3.63) is 72.6 Å². The smallest absolute Gasteiger partial charge is 0.401 e. The molecule has 5 rings (SSSR count). The standard InChI is InChI=1S/C31H32F3N9O3/c1-20(16-43-19-36-18-39-43)46-27-11-21(3-4-23(27)13-35)24-14-37-30(38-15-24)41-26-6-5-22(12-28(26)45-2)29(44)40-25-7-9-42(10-8-25)17-31(32,33)34/h3-6,11-12,14-15,18-20,25H,7-10,16-17H2,1-2H3,(H,40,44)(H,37,38,41). The third-order valence-electron chi connectivity index (χ3n) is 7.36. The minimum absolute atomic E-state index is 0.213. The van der Waals surface area contributed by atoms with Crippen molar-refractivity contribution in [2.24, 2.45) is 0 Å². The molecule has 1 amide bonds. The van der Waals surface area contributed by atoms with E-state index in [0.717, 1.165) is 5.56 Å². The number of rotatable bonds is 11. The Hall–Kier alpha value is -5.23. The number of hydrogen-bond acceptors (Lipinski definition) is 10. The average molecular weight is 636 g/mol. The SMILES string of the molecule is COc1cc(C(=O)NC2CCN(CC(F)(F)F)CC2)ccc1Nc1ncc(-c2ccc(C#N)c(OC(C)Cn3cncn3)c2)cn1. The highest BCUT2D eigenvalue weighted by Crippen LogP contribution is 2.30. The zero-order chi connectivity index (χ0) is 32.7. The van der Waals surface area contributed by atoms with Gasteiger partial charge >= 0.3 is 6.18 Å². The predicted molar refractivity (Wildman–Crippen MR) is 162 cm³/mol. The topological polar surface area (TPSA) is 143 Å². The number of nitrogens with zero attached hydrogens (tertiary/aromatic N) is 7. The molecule has 46 heavy (non-hydrogen) atoms. The monoisotopic (exact) mass is 635 g/mol. The number of halogens is 3. The molecule has 0 spiro atoms. The van der Waals surface area contributed by atoms with E-state index < -0.39 is 12.7 Å². The van der Waals surface area contributed by atoms with Crippen molar-refractivity contribution < 1.29 is 27.4 Å². The first kappa shape index (κ1) is 32.2. The number of carbonyl (C=O) groups excluding carboxylic acids is 1. The summed E-state index contributed by atoms with van der Waals surface area (Å²) in [7, 11) is 1.47. The first-order valence-corrected chi connectivity index (χ1v) is 14.5. The van der Waals surface area contributed by atoms with E-state index in [1.165, 1.54) is 18.3 Å². The molecule has 1 saturated heterocycles. The maximum atomic E-state index is 12.9. The molecule has 1 unspecified atom stereocenters. The van der Waals surface area contributed by atoms with E-state index in [0.29, 0.717) is 53.3 Å². The molecular formula is C31H32F3N9O3. The highest BCUT2D eigenvalue weighted by Gasteiger charge is 2.32.